The zero-order valence-corrected chi connectivity index (χ0v) is 19.0. The van der Waals surface area contributed by atoms with E-state index in [1.165, 1.54) is 25.7 Å². The number of aliphatic hydroxyl groups is 2. The quantitative estimate of drug-likeness (QED) is 0.596. The van der Waals surface area contributed by atoms with Crippen LogP contribution in [0, 0.1) is 58.4 Å². The van der Waals surface area contributed by atoms with Gasteiger partial charge in [-0.15, -0.1) is 12.4 Å². The van der Waals surface area contributed by atoms with Gasteiger partial charge in [0.05, 0.1) is 13.2 Å². The van der Waals surface area contributed by atoms with E-state index >= 15 is 0 Å². The van der Waals surface area contributed by atoms with Crippen molar-refractivity contribution in [2.24, 2.45) is 46.3 Å². The number of carbonyl (C=O) groups excluding carboxylic acids is 1. The molecule has 0 aromatic carbocycles. The van der Waals surface area contributed by atoms with Gasteiger partial charge in [-0.25, -0.2) is 0 Å². The Kier molecular flexibility index (Phi) is 5.41. The van der Waals surface area contributed by atoms with Crippen LogP contribution in [0.15, 0.2) is 0 Å². The zero-order valence-electron chi connectivity index (χ0n) is 18.2. The van der Waals surface area contributed by atoms with Crippen LogP contribution >= 0.6 is 12.4 Å². The fraction of sp³-hybridized carbons (Fsp3) is 0.880. The summed E-state index contributed by atoms with van der Waals surface area (Å²) in [5, 5.41) is 18.4. The first-order chi connectivity index (χ1) is 14.5. The number of carbonyl (C=O) groups is 1. The molecule has 2 N–H and O–H groups in total. The Balaban J connectivity index is 0.000000132. The van der Waals surface area contributed by atoms with E-state index in [4.69, 9.17) is 14.6 Å². The molecule has 0 aromatic heterocycles. The van der Waals surface area contributed by atoms with Crippen LogP contribution in [0.1, 0.15) is 64.2 Å². The number of aliphatic hydroxyl groups excluding tert-OH is 2. The predicted octanol–water partition coefficient (Wildman–Crippen LogP) is 3.69. The normalized spacial score (nSPS) is 49.3. The Bertz CT molecular complexity index is 757. The molecule has 8 bridgehead atoms. The highest BCUT2D eigenvalue weighted by atomic mass is 35.5. The molecule has 5 nitrogen and oxygen atoms in total. The summed E-state index contributed by atoms with van der Waals surface area (Å²) in [6.45, 7) is 1.80. The molecule has 4 atom stereocenters. The molecule has 0 aromatic rings. The second kappa shape index (κ2) is 7.62. The number of halogens is 1. The predicted molar refractivity (Wildman–Crippen MR) is 116 cm³/mol. The van der Waals surface area contributed by atoms with Gasteiger partial charge in [-0.1, -0.05) is 5.92 Å². The summed E-state index contributed by atoms with van der Waals surface area (Å²) in [7, 11) is 0. The second-order valence-corrected chi connectivity index (χ2v) is 11.7. The molecule has 172 valence electrons. The molecule has 31 heavy (non-hydrogen) atoms. The fourth-order valence-electron chi connectivity index (χ4n) is 9.22. The van der Waals surface area contributed by atoms with Crippen molar-refractivity contribution in [3.63, 3.8) is 0 Å². The monoisotopic (exact) mass is 450 g/mol. The standard InChI is InChI=1S/C14H18O3.C11H16O2.ClH/c15-2-1-13-7-10-5-11(8-13)14(12(6-10)9-13)16-3-4-17-14;12-6-11-3-7-1-8(4-11)10(13)9(2-7)5-11;/h10-12,15H,3-9H2;7-9,12H,1-6H2;1H. The Morgan fingerprint density at radius 2 is 1.45 bits per heavy atom. The summed E-state index contributed by atoms with van der Waals surface area (Å²) >= 11 is 0. The van der Waals surface area contributed by atoms with Gasteiger partial charge in [0.1, 0.15) is 11.9 Å². The van der Waals surface area contributed by atoms with E-state index in [1.54, 1.807) is 0 Å². The second-order valence-electron chi connectivity index (χ2n) is 11.7. The number of ether oxygens (including phenoxy) is 2. The van der Waals surface area contributed by atoms with Gasteiger partial charge in [-0.3, -0.25) is 4.79 Å². The van der Waals surface area contributed by atoms with E-state index in [1.807, 2.05) is 0 Å². The van der Waals surface area contributed by atoms with Crippen molar-refractivity contribution in [1.29, 1.82) is 0 Å². The van der Waals surface area contributed by atoms with Crippen molar-refractivity contribution in [1.82, 2.24) is 0 Å². The van der Waals surface area contributed by atoms with Crippen LogP contribution in [-0.2, 0) is 14.3 Å². The third-order valence-electron chi connectivity index (χ3n) is 9.84. The lowest BCUT2D eigenvalue weighted by Gasteiger charge is -2.61. The molecular formula is C25H35ClO5. The van der Waals surface area contributed by atoms with Gasteiger partial charge in [-0.2, -0.15) is 0 Å². The minimum absolute atomic E-state index is 0. The van der Waals surface area contributed by atoms with Crippen LogP contribution in [0.2, 0.25) is 0 Å². The summed E-state index contributed by atoms with van der Waals surface area (Å²) in [6, 6.07) is 0. The lowest BCUT2D eigenvalue weighted by molar-refractivity contribution is -0.296. The number of rotatable bonds is 1. The Morgan fingerprint density at radius 3 is 2.00 bits per heavy atom. The van der Waals surface area contributed by atoms with E-state index < -0.39 is 0 Å². The first-order valence-corrected chi connectivity index (χ1v) is 12.1. The van der Waals surface area contributed by atoms with Crippen LogP contribution < -0.4 is 0 Å². The summed E-state index contributed by atoms with van der Waals surface area (Å²) in [6.07, 6.45) is 13.3. The molecule has 1 spiro atoms. The summed E-state index contributed by atoms with van der Waals surface area (Å²) < 4.78 is 12.0. The minimum atomic E-state index is -0.280. The lowest BCUT2D eigenvalue weighted by Crippen LogP contribution is -2.61. The summed E-state index contributed by atoms with van der Waals surface area (Å²) in [4.78, 5) is 11.8. The SMILES string of the molecule is Cl.O=C1C2CC3CC1CC(CO)(C3)C2.OC#CC12CC3CC(C1)C1(OCCO1)C(C3)C2. The summed E-state index contributed by atoms with van der Waals surface area (Å²) in [5.74, 6) is 6.48. The Hall–Kier alpha value is -0.800. The van der Waals surface area contributed by atoms with Crippen molar-refractivity contribution < 1.29 is 24.5 Å². The van der Waals surface area contributed by atoms with Gasteiger partial charge in [0.15, 0.2) is 5.79 Å². The van der Waals surface area contributed by atoms with Crippen LogP contribution in [0.25, 0.3) is 0 Å². The van der Waals surface area contributed by atoms with Crippen LogP contribution in [0.3, 0.4) is 0 Å². The van der Waals surface area contributed by atoms with Gasteiger partial charge >= 0.3 is 0 Å². The molecule has 6 heteroatoms. The number of hydrogen-bond donors (Lipinski definition) is 2. The molecule has 9 fully saturated rings. The molecule has 1 saturated heterocycles. The van der Waals surface area contributed by atoms with E-state index in [0.717, 1.165) is 63.6 Å². The van der Waals surface area contributed by atoms with Crippen molar-refractivity contribution in [2.45, 2.75) is 70.0 Å². The lowest BCUT2D eigenvalue weighted by atomic mass is 9.47. The average molecular weight is 451 g/mol. The molecule has 4 unspecified atom stereocenters. The molecule has 1 aliphatic heterocycles. The van der Waals surface area contributed by atoms with Gasteiger partial charge < -0.3 is 19.7 Å². The fourth-order valence-corrected chi connectivity index (χ4v) is 9.22. The van der Waals surface area contributed by atoms with E-state index in [-0.39, 0.29) is 29.0 Å². The maximum atomic E-state index is 11.8. The van der Waals surface area contributed by atoms with Crippen molar-refractivity contribution >= 4 is 18.2 Å². The highest BCUT2D eigenvalue weighted by Crippen LogP contribution is 2.65. The van der Waals surface area contributed by atoms with E-state index in [0.29, 0.717) is 36.1 Å². The maximum absolute atomic E-state index is 11.8. The largest absolute Gasteiger partial charge is 0.462 e. The van der Waals surface area contributed by atoms with Gasteiger partial charge in [0, 0.05) is 35.7 Å². The highest BCUT2D eigenvalue weighted by Gasteiger charge is 2.64. The third kappa shape index (κ3) is 3.28. The molecule has 0 amide bonds. The smallest absolute Gasteiger partial charge is 0.174 e. The van der Waals surface area contributed by atoms with Crippen LogP contribution in [-0.4, -0.2) is 41.6 Å². The van der Waals surface area contributed by atoms with E-state index in [9.17, 15) is 9.90 Å². The molecule has 9 rings (SSSR count). The highest BCUT2D eigenvalue weighted by molar-refractivity contribution is 5.86. The van der Waals surface area contributed by atoms with Gasteiger partial charge in [-0.05, 0) is 81.5 Å². The molecule has 0 radical (unpaired) electrons. The molecule has 8 saturated carbocycles. The molecule has 8 aliphatic carbocycles. The molecule has 1 heterocycles. The Morgan fingerprint density at radius 1 is 0.871 bits per heavy atom. The summed E-state index contributed by atoms with van der Waals surface area (Å²) in [5.41, 5.74) is 0.218. The first-order valence-electron chi connectivity index (χ1n) is 12.1. The number of hydrogen-bond acceptors (Lipinski definition) is 5. The molecular weight excluding hydrogens is 416 g/mol. The maximum Gasteiger partial charge on any atom is 0.174 e. The topological polar surface area (TPSA) is 76.0 Å². The van der Waals surface area contributed by atoms with Gasteiger partial charge in [0.25, 0.3) is 0 Å². The van der Waals surface area contributed by atoms with Crippen molar-refractivity contribution in [3.8, 4) is 12.0 Å². The number of Topliss-reactive ketones (excluding diaryl/α,β-unsaturated/α-hetero) is 1. The van der Waals surface area contributed by atoms with E-state index in [2.05, 4.69) is 12.0 Å². The minimum Gasteiger partial charge on any atom is -0.462 e. The van der Waals surface area contributed by atoms with Crippen molar-refractivity contribution in [3.05, 3.63) is 0 Å². The van der Waals surface area contributed by atoms with Crippen LogP contribution in [0.4, 0.5) is 0 Å². The average Bonchev–Trinajstić information content (AvgIpc) is 3.21. The van der Waals surface area contributed by atoms with Crippen molar-refractivity contribution in [2.75, 3.05) is 19.8 Å². The third-order valence-corrected chi connectivity index (χ3v) is 9.84. The van der Waals surface area contributed by atoms with Gasteiger partial charge in [0.2, 0.25) is 0 Å². The first kappa shape index (κ1) is 22.0. The number of ketones is 1. The van der Waals surface area contributed by atoms with Crippen LogP contribution in [0.5, 0.6) is 0 Å². The Labute approximate surface area is 191 Å². The zero-order chi connectivity index (χ0) is 20.6. The molecule has 9 aliphatic rings.